The number of rotatable bonds is 5. The van der Waals surface area contributed by atoms with Crippen LogP contribution in [0, 0.1) is 6.92 Å². The molecule has 1 heterocycles. The Kier molecular flexibility index (Phi) is 4.86. The van der Waals surface area contributed by atoms with E-state index in [4.69, 9.17) is 0 Å². The predicted octanol–water partition coefficient (Wildman–Crippen LogP) is 3.43. The van der Waals surface area contributed by atoms with Crippen LogP contribution in [0.2, 0.25) is 0 Å². The van der Waals surface area contributed by atoms with Crippen LogP contribution in [0.15, 0.2) is 22.7 Å². The molecule has 2 aromatic rings. The third kappa shape index (κ3) is 3.37. The maximum atomic E-state index is 4.27. The van der Waals surface area contributed by atoms with Crippen molar-refractivity contribution in [3.05, 3.63) is 33.2 Å². The second-order valence-electron chi connectivity index (χ2n) is 4.09. The van der Waals surface area contributed by atoms with Gasteiger partial charge in [0.15, 0.2) is 0 Å². The lowest BCUT2D eigenvalue weighted by atomic mass is 10.2. The number of benzene rings is 1. The van der Waals surface area contributed by atoms with E-state index in [2.05, 4.69) is 63.5 Å². The third-order valence-corrected chi connectivity index (χ3v) is 4.26. The smallest absolute Gasteiger partial charge is 0.148 e. The van der Waals surface area contributed by atoms with Crippen LogP contribution in [0.1, 0.15) is 17.5 Å². The summed E-state index contributed by atoms with van der Waals surface area (Å²) in [5.41, 5.74) is 2.36. The molecule has 1 N–H and O–H groups in total. The summed E-state index contributed by atoms with van der Waals surface area (Å²) in [7, 11) is 0. The molecule has 3 nitrogen and oxygen atoms in total. The van der Waals surface area contributed by atoms with Gasteiger partial charge >= 0.3 is 0 Å². The second-order valence-corrected chi connectivity index (χ2v) is 6.00. The first kappa shape index (κ1) is 13.6. The second kappa shape index (κ2) is 6.41. The fourth-order valence-corrected chi connectivity index (χ4v) is 3.32. The van der Waals surface area contributed by atoms with Gasteiger partial charge in [0, 0.05) is 23.0 Å². The molecule has 5 heteroatoms. The largest absolute Gasteiger partial charge is 0.317 e. The lowest BCUT2D eigenvalue weighted by molar-refractivity contribution is 0.710. The molecule has 0 aliphatic heterocycles. The van der Waals surface area contributed by atoms with Crippen LogP contribution < -0.4 is 5.32 Å². The molecule has 0 fully saturated rings. The van der Waals surface area contributed by atoms with E-state index >= 15 is 0 Å². The van der Waals surface area contributed by atoms with Gasteiger partial charge in [0.1, 0.15) is 10.0 Å². The number of halogens is 1. The molecular weight excluding hydrogens is 310 g/mol. The zero-order chi connectivity index (χ0) is 13.0. The summed E-state index contributed by atoms with van der Waals surface area (Å²) in [6, 6.07) is 6.29. The summed E-state index contributed by atoms with van der Waals surface area (Å²) in [5.74, 6) is 0. The van der Waals surface area contributed by atoms with Gasteiger partial charge in [-0.25, -0.2) is 0 Å². The summed E-state index contributed by atoms with van der Waals surface area (Å²) in [5, 5.41) is 13.9. The summed E-state index contributed by atoms with van der Waals surface area (Å²) in [4.78, 5) is 0. The molecule has 0 aliphatic carbocycles. The molecule has 0 unspecified atom stereocenters. The highest BCUT2D eigenvalue weighted by Crippen LogP contribution is 2.31. The predicted molar refractivity (Wildman–Crippen MR) is 80.0 cm³/mol. The standard InChI is InChI=1S/C13H16BrN3S/c1-3-15-7-6-12-16-17-13(18-12)10-5-4-9(2)8-11(10)14/h4-5,8,15H,3,6-7H2,1-2H3. The van der Waals surface area contributed by atoms with Crippen molar-refractivity contribution in [2.24, 2.45) is 0 Å². The molecule has 0 amide bonds. The first-order valence-corrected chi connectivity index (χ1v) is 7.61. The number of nitrogens with zero attached hydrogens (tertiary/aromatic N) is 2. The van der Waals surface area contributed by atoms with Crippen molar-refractivity contribution >= 4 is 27.3 Å². The van der Waals surface area contributed by atoms with Gasteiger partial charge in [0.05, 0.1) is 0 Å². The molecule has 0 atom stereocenters. The van der Waals surface area contributed by atoms with E-state index in [-0.39, 0.29) is 0 Å². The van der Waals surface area contributed by atoms with Gasteiger partial charge in [0.2, 0.25) is 0 Å². The van der Waals surface area contributed by atoms with E-state index in [1.54, 1.807) is 11.3 Å². The van der Waals surface area contributed by atoms with Crippen LogP contribution in [0.3, 0.4) is 0 Å². The van der Waals surface area contributed by atoms with Crippen molar-refractivity contribution in [2.45, 2.75) is 20.3 Å². The molecule has 0 spiro atoms. The first-order chi connectivity index (χ1) is 8.70. The lowest BCUT2D eigenvalue weighted by Gasteiger charge is -2.00. The number of hydrogen-bond acceptors (Lipinski definition) is 4. The van der Waals surface area contributed by atoms with Crippen LogP contribution in [0.4, 0.5) is 0 Å². The first-order valence-electron chi connectivity index (χ1n) is 6.00. The molecule has 0 aliphatic rings. The van der Waals surface area contributed by atoms with E-state index in [9.17, 15) is 0 Å². The van der Waals surface area contributed by atoms with E-state index in [1.165, 1.54) is 5.56 Å². The van der Waals surface area contributed by atoms with Crippen LogP contribution in [-0.2, 0) is 6.42 Å². The van der Waals surface area contributed by atoms with Crippen LogP contribution in [0.25, 0.3) is 10.6 Å². The van der Waals surface area contributed by atoms with Crippen molar-refractivity contribution in [3.8, 4) is 10.6 Å². The van der Waals surface area contributed by atoms with Crippen LogP contribution >= 0.6 is 27.3 Å². The summed E-state index contributed by atoms with van der Waals surface area (Å²) >= 11 is 5.25. The SMILES string of the molecule is CCNCCc1nnc(-c2ccc(C)cc2Br)s1. The number of likely N-dealkylation sites (N-methyl/N-ethyl adjacent to an activating group) is 1. The van der Waals surface area contributed by atoms with Crippen molar-refractivity contribution in [1.29, 1.82) is 0 Å². The third-order valence-electron chi connectivity index (χ3n) is 2.59. The van der Waals surface area contributed by atoms with Gasteiger partial charge < -0.3 is 5.32 Å². The molecule has 18 heavy (non-hydrogen) atoms. The molecule has 1 aromatic heterocycles. The topological polar surface area (TPSA) is 37.8 Å². The van der Waals surface area contributed by atoms with Crippen molar-refractivity contribution < 1.29 is 0 Å². The summed E-state index contributed by atoms with van der Waals surface area (Å²) < 4.78 is 1.08. The number of hydrogen-bond donors (Lipinski definition) is 1. The number of nitrogens with one attached hydrogen (secondary N) is 1. The fourth-order valence-electron chi connectivity index (χ4n) is 1.63. The summed E-state index contributed by atoms with van der Waals surface area (Å²) in [6.07, 6.45) is 0.939. The molecule has 0 radical (unpaired) electrons. The van der Waals surface area contributed by atoms with Gasteiger partial charge in [-0.2, -0.15) is 0 Å². The zero-order valence-electron chi connectivity index (χ0n) is 10.5. The molecule has 0 saturated heterocycles. The number of aryl methyl sites for hydroxylation is 1. The van der Waals surface area contributed by atoms with Gasteiger partial charge in [-0.05, 0) is 25.1 Å². The molecule has 2 rings (SSSR count). The Bertz CT molecular complexity index is 525. The average Bonchev–Trinajstić information content (AvgIpc) is 2.78. The van der Waals surface area contributed by atoms with Gasteiger partial charge in [-0.1, -0.05) is 46.3 Å². The minimum absolute atomic E-state index is 0.939. The van der Waals surface area contributed by atoms with Gasteiger partial charge in [0.25, 0.3) is 0 Å². The van der Waals surface area contributed by atoms with Gasteiger partial charge in [-0.15, -0.1) is 10.2 Å². The molecule has 1 aromatic carbocycles. The monoisotopic (exact) mass is 325 g/mol. The highest BCUT2D eigenvalue weighted by Gasteiger charge is 2.09. The van der Waals surface area contributed by atoms with Crippen LogP contribution in [-0.4, -0.2) is 23.3 Å². The van der Waals surface area contributed by atoms with E-state index in [1.807, 2.05) is 0 Å². The Morgan fingerprint density at radius 2 is 2.17 bits per heavy atom. The fraction of sp³-hybridized carbons (Fsp3) is 0.385. The minimum atomic E-state index is 0.939. The average molecular weight is 326 g/mol. The lowest BCUT2D eigenvalue weighted by Crippen LogP contribution is -2.15. The maximum absolute atomic E-state index is 4.27. The molecule has 0 bridgehead atoms. The Labute approximate surface area is 120 Å². The highest BCUT2D eigenvalue weighted by molar-refractivity contribution is 9.10. The maximum Gasteiger partial charge on any atom is 0.148 e. The van der Waals surface area contributed by atoms with Crippen molar-refractivity contribution in [3.63, 3.8) is 0 Å². The normalized spacial score (nSPS) is 10.8. The van der Waals surface area contributed by atoms with Gasteiger partial charge in [-0.3, -0.25) is 0 Å². The van der Waals surface area contributed by atoms with E-state index in [0.29, 0.717) is 0 Å². The molecule has 0 saturated carbocycles. The Balaban J connectivity index is 2.13. The van der Waals surface area contributed by atoms with Crippen LogP contribution in [0.5, 0.6) is 0 Å². The van der Waals surface area contributed by atoms with Crippen molar-refractivity contribution in [1.82, 2.24) is 15.5 Å². The number of aromatic nitrogens is 2. The van der Waals surface area contributed by atoms with Crippen molar-refractivity contribution in [2.75, 3.05) is 13.1 Å². The Morgan fingerprint density at radius 1 is 1.33 bits per heavy atom. The Morgan fingerprint density at radius 3 is 2.89 bits per heavy atom. The molecular formula is C13H16BrN3S. The van der Waals surface area contributed by atoms with E-state index < -0.39 is 0 Å². The molecule has 96 valence electrons. The summed E-state index contributed by atoms with van der Waals surface area (Å²) in [6.45, 7) is 6.14. The zero-order valence-corrected chi connectivity index (χ0v) is 12.9. The van der Waals surface area contributed by atoms with E-state index in [0.717, 1.165) is 39.6 Å². The Hall–Kier alpha value is -0.780. The minimum Gasteiger partial charge on any atom is -0.317 e. The quantitative estimate of drug-likeness (QED) is 0.856. The highest BCUT2D eigenvalue weighted by atomic mass is 79.9.